The van der Waals surface area contributed by atoms with Crippen LogP contribution in [0.25, 0.3) is 0 Å². The quantitative estimate of drug-likeness (QED) is 0.566. The van der Waals surface area contributed by atoms with E-state index in [9.17, 15) is 14.4 Å². The summed E-state index contributed by atoms with van der Waals surface area (Å²) in [6, 6.07) is 9.21. The third-order valence-electron chi connectivity index (χ3n) is 4.22. The van der Waals surface area contributed by atoms with Crippen LogP contribution in [-0.4, -0.2) is 46.9 Å². The summed E-state index contributed by atoms with van der Waals surface area (Å²) < 4.78 is 15.8. The lowest BCUT2D eigenvalue weighted by Crippen LogP contribution is -2.54. The second kappa shape index (κ2) is 7.45. The van der Waals surface area contributed by atoms with Crippen molar-refractivity contribution in [2.45, 2.75) is 70.6 Å². The van der Waals surface area contributed by atoms with Crippen molar-refractivity contribution in [2.24, 2.45) is 0 Å². The molecule has 0 saturated heterocycles. The van der Waals surface area contributed by atoms with E-state index < -0.39 is 40.8 Å². The molecule has 2 unspecified atom stereocenters. The van der Waals surface area contributed by atoms with Gasteiger partial charge in [-0.25, -0.2) is 14.4 Å². The van der Waals surface area contributed by atoms with Gasteiger partial charge in [0, 0.05) is 5.92 Å². The van der Waals surface area contributed by atoms with Crippen LogP contribution in [0.2, 0.25) is 0 Å². The molecule has 1 aliphatic rings. The first-order valence-electron chi connectivity index (χ1n) is 9.21. The molecule has 0 aliphatic heterocycles. The number of rotatable bonds is 3. The van der Waals surface area contributed by atoms with Crippen LogP contribution in [0.3, 0.4) is 0 Å². The summed E-state index contributed by atoms with van der Waals surface area (Å²) in [6.07, 6.45) is -1.64. The fourth-order valence-corrected chi connectivity index (χ4v) is 3.09. The van der Waals surface area contributed by atoms with Gasteiger partial charge >= 0.3 is 18.2 Å². The Labute approximate surface area is 165 Å². The maximum absolute atomic E-state index is 13.0. The van der Waals surface area contributed by atoms with Gasteiger partial charge in [0.1, 0.15) is 11.2 Å². The first-order valence-corrected chi connectivity index (χ1v) is 9.21. The van der Waals surface area contributed by atoms with Crippen LogP contribution in [-0.2, 0) is 19.0 Å². The number of carbonyl (C=O) groups is 3. The number of ether oxygens (including phenoxy) is 3. The third kappa shape index (κ3) is 4.64. The van der Waals surface area contributed by atoms with Crippen LogP contribution in [0.5, 0.6) is 0 Å². The second-order valence-electron chi connectivity index (χ2n) is 8.88. The van der Waals surface area contributed by atoms with Gasteiger partial charge < -0.3 is 14.2 Å². The van der Waals surface area contributed by atoms with Crippen molar-refractivity contribution in [1.82, 2.24) is 4.90 Å². The summed E-state index contributed by atoms with van der Waals surface area (Å²) in [4.78, 5) is 39.5. The SMILES string of the molecule is COC(=O)C1(N(C(=O)OC(C)(C)C)C(=O)OC(C)(C)C)CC1c1ccccc1. The second-order valence-corrected chi connectivity index (χ2v) is 8.88. The first-order chi connectivity index (χ1) is 12.8. The fraction of sp³-hybridized carbons (Fsp3) is 0.571. The zero-order valence-corrected chi connectivity index (χ0v) is 17.6. The molecule has 1 aliphatic carbocycles. The smallest absolute Gasteiger partial charge is 0.420 e. The van der Waals surface area contributed by atoms with Gasteiger partial charge in [0.25, 0.3) is 0 Å². The Kier molecular flexibility index (Phi) is 5.78. The molecular formula is C21H29NO6. The zero-order chi connectivity index (χ0) is 21.3. The Morgan fingerprint density at radius 3 is 1.79 bits per heavy atom. The summed E-state index contributed by atoms with van der Waals surface area (Å²) in [7, 11) is 1.23. The van der Waals surface area contributed by atoms with Gasteiger partial charge in [0.05, 0.1) is 7.11 Å². The van der Waals surface area contributed by atoms with Crippen LogP contribution in [0.1, 0.15) is 59.4 Å². The molecular weight excluding hydrogens is 362 g/mol. The van der Waals surface area contributed by atoms with Crippen LogP contribution in [0, 0.1) is 0 Å². The van der Waals surface area contributed by atoms with Crippen molar-refractivity contribution in [1.29, 1.82) is 0 Å². The number of benzene rings is 1. The molecule has 0 heterocycles. The normalized spacial score (nSPS) is 21.5. The molecule has 2 atom stereocenters. The maximum atomic E-state index is 13.0. The molecule has 1 fully saturated rings. The average molecular weight is 391 g/mol. The van der Waals surface area contributed by atoms with E-state index in [-0.39, 0.29) is 6.42 Å². The van der Waals surface area contributed by atoms with Crippen LogP contribution < -0.4 is 0 Å². The molecule has 28 heavy (non-hydrogen) atoms. The Morgan fingerprint density at radius 2 is 1.39 bits per heavy atom. The fourth-order valence-electron chi connectivity index (χ4n) is 3.09. The van der Waals surface area contributed by atoms with Crippen molar-refractivity contribution in [3.05, 3.63) is 35.9 Å². The lowest BCUT2D eigenvalue weighted by molar-refractivity contribution is -0.148. The third-order valence-corrected chi connectivity index (χ3v) is 4.22. The minimum atomic E-state index is -1.50. The molecule has 2 amide bonds. The predicted octanol–water partition coefficient (Wildman–Crippen LogP) is 4.26. The number of esters is 1. The molecule has 7 nitrogen and oxygen atoms in total. The van der Waals surface area contributed by atoms with Crippen LogP contribution >= 0.6 is 0 Å². The van der Waals surface area contributed by atoms with Gasteiger partial charge in [-0.1, -0.05) is 30.3 Å². The van der Waals surface area contributed by atoms with Crippen molar-refractivity contribution in [3.8, 4) is 0 Å². The van der Waals surface area contributed by atoms with Gasteiger partial charge in [-0.2, -0.15) is 4.90 Å². The van der Waals surface area contributed by atoms with Crippen molar-refractivity contribution < 1.29 is 28.6 Å². The highest BCUT2D eigenvalue weighted by Crippen LogP contribution is 2.57. The van der Waals surface area contributed by atoms with E-state index in [1.165, 1.54) is 7.11 Å². The number of hydrogen-bond donors (Lipinski definition) is 0. The number of amides is 2. The molecule has 2 rings (SSSR count). The van der Waals surface area contributed by atoms with E-state index in [2.05, 4.69) is 0 Å². The maximum Gasteiger partial charge on any atom is 0.420 e. The number of nitrogens with zero attached hydrogens (tertiary/aromatic N) is 1. The molecule has 1 aromatic carbocycles. The summed E-state index contributed by atoms with van der Waals surface area (Å²) in [5.74, 6) is -1.08. The Morgan fingerprint density at radius 1 is 0.929 bits per heavy atom. The minimum absolute atomic E-state index is 0.238. The van der Waals surface area contributed by atoms with E-state index in [1.54, 1.807) is 41.5 Å². The van der Waals surface area contributed by atoms with Gasteiger partial charge in [0.2, 0.25) is 0 Å². The summed E-state index contributed by atoms with van der Waals surface area (Å²) >= 11 is 0. The molecule has 0 N–H and O–H groups in total. The standard InChI is InChI=1S/C21H29NO6/c1-19(2,3)27-17(24)22(18(25)28-20(4,5)6)21(16(23)26-7)13-15(21)14-11-9-8-10-12-14/h8-12,15H,13H2,1-7H3. The number of hydrogen-bond acceptors (Lipinski definition) is 6. The largest absolute Gasteiger partial charge is 0.467 e. The molecule has 154 valence electrons. The number of carbonyl (C=O) groups excluding carboxylic acids is 3. The van der Waals surface area contributed by atoms with Crippen LogP contribution in [0.4, 0.5) is 9.59 Å². The number of methoxy groups -OCH3 is 1. The van der Waals surface area contributed by atoms with Crippen molar-refractivity contribution >= 4 is 18.2 Å². The Bertz CT molecular complexity index is 718. The molecule has 1 saturated carbocycles. The molecule has 0 spiro atoms. The highest BCUT2D eigenvalue weighted by Gasteiger charge is 2.70. The molecule has 0 aromatic heterocycles. The average Bonchev–Trinajstić information content (AvgIpc) is 3.28. The Hall–Kier alpha value is -2.57. The Balaban J connectivity index is 2.49. The molecule has 0 bridgehead atoms. The number of imide groups is 1. The highest BCUT2D eigenvalue weighted by molar-refractivity contribution is 6.00. The van der Waals surface area contributed by atoms with E-state index in [1.807, 2.05) is 30.3 Å². The van der Waals surface area contributed by atoms with Crippen LogP contribution in [0.15, 0.2) is 30.3 Å². The van der Waals surface area contributed by atoms with E-state index >= 15 is 0 Å². The zero-order valence-electron chi connectivity index (χ0n) is 17.6. The van der Waals surface area contributed by atoms with Gasteiger partial charge in [-0.3, -0.25) is 0 Å². The predicted molar refractivity (Wildman–Crippen MR) is 103 cm³/mol. The highest BCUT2D eigenvalue weighted by atomic mass is 16.6. The summed E-state index contributed by atoms with van der Waals surface area (Å²) in [6.45, 7) is 10.1. The van der Waals surface area contributed by atoms with E-state index in [4.69, 9.17) is 14.2 Å². The van der Waals surface area contributed by atoms with Gasteiger partial charge in [0.15, 0.2) is 5.54 Å². The van der Waals surface area contributed by atoms with Gasteiger partial charge in [-0.05, 0) is 53.5 Å². The monoisotopic (exact) mass is 391 g/mol. The topological polar surface area (TPSA) is 82.1 Å². The minimum Gasteiger partial charge on any atom is -0.467 e. The molecule has 0 radical (unpaired) electrons. The molecule has 1 aromatic rings. The van der Waals surface area contributed by atoms with E-state index in [0.717, 1.165) is 10.5 Å². The first kappa shape index (κ1) is 21.7. The molecule has 7 heteroatoms. The van der Waals surface area contributed by atoms with E-state index in [0.29, 0.717) is 0 Å². The summed E-state index contributed by atoms with van der Waals surface area (Å²) in [5, 5.41) is 0. The van der Waals surface area contributed by atoms with Crippen molar-refractivity contribution in [3.63, 3.8) is 0 Å². The van der Waals surface area contributed by atoms with Gasteiger partial charge in [-0.15, -0.1) is 0 Å². The summed E-state index contributed by atoms with van der Waals surface area (Å²) in [5.41, 5.74) is -2.39. The lowest BCUT2D eigenvalue weighted by atomic mass is 10.1. The lowest BCUT2D eigenvalue weighted by Gasteiger charge is -2.33. The van der Waals surface area contributed by atoms with Crippen molar-refractivity contribution in [2.75, 3.05) is 7.11 Å².